The van der Waals surface area contributed by atoms with Gasteiger partial charge in [0, 0.05) is 13.1 Å². The minimum atomic E-state index is 0.293. The van der Waals surface area contributed by atoms with Crippen LogP contribution in [0.25, 0.3) is 0 Å². The van der Waals surface area contributed by atoms with Crippen molar-refractivity contribution in [2.24, 2.45) is 5.41 Å². The first-order valence-electron chi connectivity index (χ1n) is 5.38. The summed E-state index contributed by atoms with van der Waals surface area (Å²) in [5.74, 6) is 0. The number of unbranched alkanes of at least 4 members (excludes halogenated alkanes) is 1. The smallest absolute Gasteiger partial charge is 0.0995 e. The normalized spacial score (nSPS) is 25.4. The molecule has 1 heterocycles. The molecule has 2 heteroatoms. The maximum atomic E-state index is 5.75. The molecule has 0 aliphatic carbocycles. The van der Waals surface area contributed by atoms with Crippen molar-refractivity contribution in [3.8, 4) is 0 Å². The summed E-state index contributed by atoms with van der Waals surface area (Å²) in [5, 5.41) is 0. The predicted molar refractivity (Wildman–Crippen MR) is 55.7 cm³/mol. The zero-order valence-electron chi connectivity index (χ0n) is 9.47. The molecular weight excluding hydrogens is 162 g/mol. The van der Waals surface area contributed by atoms with Crippen LogP contribution in [-0.2, 0) is 4.74 Å². The fourth-order valence-corrected chi connectivity index (χ4v) is 1.60. The van der Waals surface area contributed by atoms with Gasteiger partial charge in [-0.3, -0.25) is 4.90 Å². The van der Waals surface area contributed by atoms with Gasteiger partial charge in [-0.25, -0.2) is 0 Å². The number of ether oxygens (including phenoxy) is 1. The van der Waals surface area contributed by atoms with E-state index in [1.165, 1.54) is 19.4 Å². The Morgan fingerprint density at radius 1 is 1.38 bits per heavy atom. The second-order valence-electron chi connectivity index (χ2n) is 5.08. The molecule has 0 N–H and O–H groups in total. The van der Waals surface area contributed by atoms with Gasteiger partial charge in [-0.2, -0.15) is 0 Å². The quantitative estimate of drug-likeness (QED) is 0.670. The highest BCUT2D eigenvalue weighted by Crippen LogP contribution is 2.26. The number of rotatable bonds is 3. The van der Waals surface area contributed by atoms with Crippen molar-refractivity contribution in [1.82, 2.24) is 4.90 Å². The Bertz CT molecular complexity index is 151. The Balaban J connectivity index is 2.28. The fourth-order valence-electron chi connectivity index (χ4n) is 1.60. The van der Waals surface area contributed by atoms with Crippen LogP contribution in [0.4, 0.5) is 0 Å². The first kappa shape index (κ1) is 11.0. The van der Waals surface area contributed by atoms with Crippen LogP contribution in [0.3, 0.4) is 0 Å². The van der Waals surface area contributed by atoms with Crippen LogP contribution in [0.1, 0.15) is 40.5 Å². The van der Waals surface area contributed by atoms with E-state index in [4.69, 9.17) is 4.74 Å². The van der Waals surface area contributed by atoms with E-state index in [0.29, 0.717) is 11.5 Å². The Hall–Kier alpha value is -0.0800. The molecule has 2 nitrogen and oxygen atoms in total. The zero-order valence-corrected chi connectivity index (χ0v) is 9.47. The third-order valence-electron chi connectivity index (χ3n) is 2.68. The molecule has 0 amide bonds. The summed E-state index contributed by atoms with van der Waals surface area (Å²) in [5.41, 5.74) is 0.293. The van der Waals surface area contributed by atoms with E-state index in [0.717, 1.165) is 13.3 Å². The largest absolute Gasteiger partial charge is 0.361 e. The molecule has 1 unspecified atom stereocenters. The monoisotopic (exact) mass is 185 g/mol. The van der Waals surface area contributed by atoms with Crippen LogP contribution in [0.5, 0.6) is 0 Å². The van der Waals surface area contributed by atoms with Crippen molar-refractivity contribution >= 4 is 0 Å². The van der Waals surface area contributed by atoms with Crippen molar-refractivity contribution in [2.45, 2.75) is 46.6 Å². The summed E-state index contributed by atoms with van der Waals surface area (Å²) in [6.07, 6.45) is 2.99. The SMILES string of the molecule is CCCCN1COC(C(C)(C)C)C1. The summed E-state index contributed by atoms with van der Waals surface area (Å²) in [4.78, 5) is 2.42. The minimum Gasteiger partial charge on any atom is -0.361 e. The van der Waals surface area contributed by atoms with Gasteiger partial charge in [-0.1, -0.05) is 34.1 Å². The molecule has 1 saturated heterocycles. The summed E-state index contributed by atoms with van der Waals surface area (Å²) < 4.78 is 5.75. The van der Waals surface area contributed by atoms with E-state index in [1.54, 1.807) is 0 Å². The molecule has 0 aromatic heterocycles. The highest BCUT2D eigenvalue weighted by atomic mass is 16.5. The summed E-state index contributed by atoms with van der Waals surface area (Å²) in [6, 6.07) is 0. The van der Waals surface area contributed by atoms with E-state index in [-0.39, 0.29) is 0 Å². The number of hydrogen-bond donors (Lipinski definition) is 0. The van der Waals surface area contributed by atoms with Gasteiger partial charge in [0.15, 0.2) is 0 Å². The van der Waals surface area contributed by atoms with Gasteiger partial charge in [-0.05, 0) is 11.8 Å². The van der Waals surface area contributed by atoms with E-state index in [1.807, 2.05) is 0 Å². The van der Waals surface area contributed by atoms with Crippen LogP contribution < -0.4 is 0 Å². The van der Waals surface area contributed by atoms with E-state index in [2.05, 4.69) is 32.6 Å². The van der Waals surface area contributed by atoms with Gasteiger partial charge < -0.3 is 4.74 Å². The van der Waals surface area contributed by atoms with Gasteiger partial charge in [0.05, 0.1) is 12.8 Å². The van der Waals surface area contributed by atoms with Crippen LogP contribution in [0.15, 0.2) is 0 Å². The number of nitrogens with zero attached hydrogens (tertiary/aromatic N) is 1. The third-order valence-corrected chi connectivity index (χ3v) is 2.68. The average molecular weight is 185 g/mol. The number of hydrogen-bond acceptors (Lipinski definition) is 2. The molecule has 0 bridgehead atoms. The molecule has 0 aromatic rings. The molecule has 0 radical (unpaired) electrons. The minimum absolute atomic E-state index is 0.293. The zero-order chi connectivity index (χ0) is 9.90. The van der Waals surface area contributed by atoms with Crippen molar-refractivity contribution < 1.29 is 4.74 Å². The lowest BCUT2D eigenvalue weighted by molar-refractivity contribution is 0.0262. The van der Waals surface area contributed by atoms with Crippen molar-refractivity contribution in [1.29, 1.82) is 0 Å². The Morgan fingerprint density at radius 2 is 2.08 bits per heavy atom. The standard InChI is InChI=1S/C11H23NO/c1-5-6-7-12-8-10(13-9-12)11(2,3)4/h10H,5-9H2,1-4H3. The molecule has 78 valence electrons. The lowest BCUT2D eigenvalue weighted by atomic mass is 9.89. The van der Waals surface area contributed by atoms with E-state index < -0.39 is 0 Å². The maximum absolute atomic E-state index is 5.75. The van der Waals surface area contributed by atoms with Gasteiger partial charge in [0.2, 0.25) is 0 Å². The van der Waals surface area contributed by atoms with Gasteiger partial charge >= 0.3 is 0 Å². The summed E-state index contributed by atoms with van der Waals surface area (Å²) in [6.45, 7) is 12.1. The summed E-state index contributed by atoms with van der Waals surface area (Å²) >= 11 is 0. The van der Waals surface area contributed by atoms with Crippen molar-refractivity contribution in [2.75, 3.05) is 19.8 Å². The second-order valence-corrected chi connectivity index (χ2v) is 5.08. The highest BCUT2D eigenvalue weighted by Gasteiger charge is 2.32. The highest BCUT2D eigenvalue weighted by molar-refractivity contribution is 4.81. The van der Waals surface area contributed by atoms with Crippen LogP contribution in [0, 0.1) is 5.41 Å². The molecule has 1 fully saturated rings. The molecule has 0 saturated carbocycles. The van der Waals surface area contributed by atoms with Crippen LogP contribution in [0.2, 0.25) is 0 Å². The molecule has 1 atom stereocenters. The molecule has 0 aromatic carbocycles. The Morgan fingerprint density at radius 3 is 2.54 bits per heavy atom. The average Bonchev–Trinajstić information content (AvgIpc) is 2.47. The molecule has 0 spiro atoms. The van der Waals surface area contributed by atoms with E-state index in [9.17, 15) is 0 Å². The molecule has 1 rings (SSSR count). The second kappa shape index (κ2) is 4.43. The molecule has 1 aliphatic rings. The lowest BCUT2D eigenvalue weighted by Crippen LogP contribution is -2.31. The maximum Gasteiger partial charge on any atom is 0.0995 e. The van der Waals surface area contributed by atoms with Crippen LogP contribution >= 0.6 is 0 Å². The topological polar surface area (TPSA) is 12.5 Å². The Kier molecular flexibility index (Phi) is 3.74. The van der Waals surface area contributed by atoms with Crippen LogP contribution in [-0.4, -0.2) is 30.8 Å². The molecule has 1 aliphatic heterocycles. The predicted octanol–water partition coefficient (Wildman–Crippen LogP) is 2.49. The van der Waals surface area contributed by atoms with Crippen molar-refractivity contribution in [3.05, 3.63) is 0 Å². The summed E-state index contributed by atoms with van der Waals surface area (Å²) in [7, 11) is 0. The Labute approximate surface area is 82.3 Å². The fraction of sp³-hybridized carbons (Fsp3) is 1.00. The first-order chi connectivity index (χ1) is 6.04. The third kappa shape index (κ3) is 3.28. The van der Waals surface area contributed by atoms with Gasteiger partial charge in [0.1, 0.15) is 0 Å². The van der Waals surface area contributed by atoms with E-state index >= 15 is 0 Å². The van der Waals surface area contributed by atoms with Crippen molar-refractivity contribution in [3.63, 3.8) is 0 Å². The molecular formula is C11H23NO. The lowest BCUT2D eigenvalue weighted by Gasteiger charge is -2.25. The molecule has 13 heavy (non-hydrogen) atoms. The first-order valence-corrected chi connectivity index (χ1v) is 5.38. The van der Waals surface area contributed by atoms with Gasteiger partial charge in [-0.15, -0.1) is 0 Å². The van der Waals surface area contributed by atoms with Gasteiger partial charge in [0.25, 0.3) is 0 Å².